The zero-order valence-electron chi connectivity index (χ0n) is 10.1. The molecule has 1 rings (SSSR count). The molecular formula is C12H16INO3. The van der Waals surface area contributed by atoms with E-state index in [0.29, 0.717) is 12.2 Å². The van der Waals surface area contributed by atoms with Gasteiger partial charge in [-0.3, -0.25) is 4.79 Å². The van der Waals surface area contributed by atoms with Crippen molar-refractivity contribution in [3.63, 3.8) is 0 Å². The second-order valence-corrected chi connectivity index (χ2v) is 4.84. The summed E-state index contributed by atoms with van der Waals surface area (Å²) in [5.74, 6) is 0.650. The van der Waals surface area contributed by atoms with E-state index in [4.69, 9.17) is 9.47 Å². The highest BCUT2D eigenvalue weighted by Gasteiger charge is 2.13. The third-order valence-electron chi connectivity index (χ3n) is 2.22. The van der Waals surface area contributed by atoms with E-state index in [0.717, 1.165) is 9.32 Å². The number of hydrogen-bond acceptors (Lipinski definition) is 3. The number of halogens is 1. The zero-order valence-corrected chi connectivity index (χ0v) is 12.3. The van der Waals surface area contributed by atoms with Crippen LogP contribution in [0.4, 0.5) is 0 Å². The molecule has 0 fully saturated rings. The van der Waals surface area contributed by atoms with Crippen molar-refractivity contribution in [1.29, 1.82) is 0 Å². The molecule has 4 nitrogen and oxygen atoms in total. The molecule has 1 amide bonds. The molecule has 0 aliphatic carbocycles. The highest BCUT2D eigenvalue weighted by atomic mass is 127. The fourth-order valence-corrected chi connectivity index (χ4v) is 2.13. The summed E-state index contributed by atoms with van der Waals surface area (Å²) < 4.78 is 10.9. The Kier molecular flexibility index (Phi) is 5.70. The maximum atomic E-state index is 11.9. The molecule has 17 heavy (non-hydrogen) atoms. The van der Waals surface area contributed by atoms with Crippen LogP contribution in [0.25, 0.3) is 0 Å². The second-order valence-electron chi connectivity index (χ2n) is 3.68. The van der Waals surface area contributed by atoms with Crippen molar-refractivity contribution in [3.05, 3.63) is 27.3 Å². The van der Waals surface area contributed by atoms with Gasteiger partial charge in [0.25, 0.3) is 5.91 Å². The van der Waals surface area contributed by atoms with E-state index in [1.807, 2.05) is 13.0 Å². The lowest BCUT2D eigenvalue weighted by molar-refractivity contribution is 0.0904. The molecule has 0 bridgehead atoms. The fourth-order valence-electron chi connectivity index (χ4n) is 1.40. The van der Waals surface area contributed by atoms with Crippen LogP contribution < -0.4 is 10.1 Å². The first-order valence-electron chi connectivity index (χ1n) is 5.21. The quantitative estimate of drug-likeness (QED) is 0.828. The van der Waals surface area contributed by atoms with Gasteiger partial charge in [-0.15, -0.1) is 0 Å². The third-order valence-corrected chi connectivity index (χ3v) is 3.11. The summed E-state index contributed by atoms with van der Waals surface area (Å²) in [6.07, 6.45) is 0. The van der Waals surface area contributed by atoms with E-state index in [1.165, 1.54) is 0 Å². The third kappa shape index (κ3) is 4.16. The Morgan fingerprint density at radius 2 is 2.18 bits per heavy atom. The zero-order chi connectivity index (χ0) is 12.8. The van der Waals surface area contributed by atoms with Crippen molar-refractivity contribution < 1.29 is 14.3 Å². The molecule has 1 aromatic carbocycles. The molecule has 0 radical (unpaired) electrons. The van der Waals surface area contributed by atoms with Gasteiger partial charge in [-0.25, -0.2) is 0 Å². The first-order valence-corrected chi connectivity index (χ1v) is 6.29. The monoisotopic (exact) mass is 349 g/mol. The van der Waals surface area contributed by atoms with Gasteiger partial charge in [0.2, 0.25) is 0 Å². The molecule has 0 aliphatic rings. The van der Waals surface area contributed by atoms with E-state index in [1.54, 1.807) is 26.4 Å². The summed E-state index contributed by atoms with van der Waals surface area (Å²) in [5, 5.41) is 2.87. The number of methoxy groups -OCH3 is 2. The van der Waals surface area contributed by atoms with Gasteiger partial charge in [-0.05, 0) is 47.7 Å². The lowest BCUT2D eigenvalue weighted by atomic mass is 10.2. The summed E-state index contributed by atoms with van der Waals surface area (Å²) in [4.78, 5) is 11.9. The largest absolute Gasteiger partial charge is 0.497 e. The van der Waals surface area contributed by atoms with Crippen molar-refractivity contribution in [1.82, 2.24) is 5.32 Å². The Bertz CT molecular complexity index is 395. The molecule has 1 N–H and O–H groups in total. The predicted octanol–water partition coefficient (Wildman–Crippen LogP) is 2.06. The van der Waals surface area contributed by atoms with Gasteiger partial charge in [-0.1, -0.05) is 0 Å². The van der Waals surface area contributed by atoms with Crippen LogP contribution in [0.15, 0.2) is 18.2 Å². The summed E-state index contributed by atoms with van der Waals surface area (Å²) in [6, 6.07) is 5.36. The number of carbonyl (C=O) groups excluding carboxylic acids is 1. The van der Waals surface area contributed by atoms with Gasteiger partial charge in [0.15, 0.2) is 0 Å². The van der Waals surface area contributed by atoms with Crippen molar-refractivity contribution >= 4 is 28.5 Å². The maximum absolute atomic E-state index is 11.9. The molecule has 0 saturated carbocycles. The molecule has 5 heteroatoms. The maximum Gasteiger partial charge on any atom is 0.252 e. The number of hydrogen-bond donors (Lipinski definition) is 1. The lowest BCUT2D eigenvalue weighted by Crippen LogP contribution is -2.35. The van der Waals surface area contributed by atoms with E-state index < -0.39 is 0 Å². The van der Waals surface area contributed by atoms with Gasteiger partial charge in [0.1, 0.15) is 5.75 Å². The van der Waals surface area contributed by atoms with Crippen LogP contribution in [0.3, 0.4) is 0 Å². The van der Waals surface area contributed by atoms with Crippen LogP contribution in [-0.2, 0) is 4.74 Å². The van der Waals surface area contributed by atoms with Crippen molar-refractivity contribution in [2.24, 2.45) is 0 Å². The molecule has 0 spiro atoms. The Labute approximate surface area is 115 Å². The molecular weight excluding hydrogens is 333 g/mol. The number of rotatable bonds is 5. The number of amides is 1. The normalized spacial score (nSPS) is 12.0. The summed E-state index contributed by atoms with van der Waals surface area (Å²) >= 11 is 2.12. The standard InChI is InChI=1S/C12H16INO3/c1-8(7-16-2)14-12(15)10-5-4-9(17-3)6-11(10)13/h4-6,8H,7H2,1-3H3,(H,14,15)/t8-/m0/s1. The number of ether oxygens (including phenoxy) is 2. The minimum absolute atomic E-state index is 0.00889. The predicted molar refractivity (Wildman–Crippen MR) is 74.5 cm³/mol. The first-order chi connectivity index (χ1) is 8.08. The molecule has 94 valence electrons. The second kappa shape index (κ2) is 6.80. The minimum Gasteiger partial charge on any atom is -0.497 e. The first kappa shape index (κ1) is 14.2. The molecule has 0 aromatic heterocycles. The topological polar surface area (TPSA) is 47.6 Å². The van der Waals surface area contributed by atoms with Gasteiger partial charge in [0, 0.05) is 16.7 Å². The Morgan fingerprint density at radius 3 is 2.71 bits per heavy atom. The number of benzene rings is 1. The van der Waals surface area contributed by atoms with Crippen LogP contribution in [0.5, 0.6) is 5.75 Å². The van der Waals surface area contributed by atoms with Crippen molar-refractivity contribution in [2.75, 3.05) is 20.8 Å². The van der Waals surface area contributed by atoms with E-state index in [9.17, 15) is 4.79 Å². The average molecular weight is 349 g/mol. The van der Waals surface area contributed by atoms with Crippen LogP contribution >= 0.6 is 22.6 Å². The molecule has 0 unspecified atom stereocenters. The van der Waals surface area contributed by atoms with Crippen LogP contribution in [0.1, 0.15) is 17.3 Å². The smallest absolute Gasteiger partial charge is 0.252 e. The summed E-state index contributed by atoms with van der Waals surface area (Å²) in [7, 11) is 3.21. The Balaban J connectivity index is 2.75. The molecule has 0 saturated heterocycles. The average Bonchev–Trinajstić information content (AvgIpc) is 2.28. The molecule has 0 aliphatic heterocycles. The van der Waals surface area contributed by atoms with Crippen molar-refractivity contribution in [3.8, 4) is 5.75 Å². The molecule has 1 atom stereocenters. The molecule has 1 aromatic rings. The summed E-state index contributed by atoms with van der Waals surface area (Å²) in [6.45, 7) is 2.40. The lowest BCUT2D eigenvalue weighted by Gasteiger charge is -2.13. The van der Waals surface area contributed by atoms with Crippen molar-refractivity contribution in [2.45, 2.75) is 13.0 Å². The Hall–Kier alpha value is -0.820. The number of nitrogens with one attached hydrogen (secondary N) is 1. The highest BCUT2D eigenvalue weighted by Crippen LogP contribution is 2.19. The van der Waals surface area contributed by atoms with E-state index >= 15 is 0 Å². The Morgan fingerprint density at radius 1 is 1.47 bits per heavy atom. The van der Waals surface area contributed by atoms with Crippen LogP contribution in [0.2, 0.25) is 0 Å². The van der Waals surface area contributed by atoms with Gasteiger partial charge < -0.3 is 14.8 Å². The van der Waals surface area contributed by atoms with Crippen LogP contribution in [0, 0.1) is 3.57 Å². The number of carbonyl (C=O) groups is 1. The van der Waals surface area contributed by atoms with Crippen LogP contribution in [-0.4, -0.2) is 32.8 Å². The minimum atomic E-state index is -0.0957. The SMILES string of the molecule is COC[C@H](C)NC(=O)c1ccc(OC)cc1I. The fraction of sp³-hybridized carbons (Fsp3) is 0.417. The molecule has 0 heterocycles. The summed E-state index contributed by atoms with van der Waals surface area (Å²) in [5.41, 5.74) is 0.648. The van der Waals surface area contributed by atoms with Gasteiger partial charge in [0.05, 0.1) is 19.3 Å². The highest BCUT2D eigenvalue weighted by molar-refractivity contribution is 14.1. The van der Waals surface area contributed by atoms with E-state index in [-0.39, 0.29) is 11.9 Å². The van der Waals surface area contributed by atoms with E-state index in [2.05, 4.69) is 27.9 Å². The van der Waals surface area contributed by atoms with Gasteiger partial charge >= 0.3 is 0 Å². The van der Waals surface area contributed by atoms with Gasteiger partial charge in [-0.2, -0.15) is 0 Å².